The summed E-state index contributed by atoms with van der Waals surface area (Å²) in [6.07, 6.45) is 7.74. The lowest BCUT2D eigenvalue weighted by Gasteiger charge is -2.06. The number of allylic oxidation sites excluding steroid dienone is 1. The largest absolute Gasteiger partial charge is 0.472 e. The van der Waals surface area contributed by atoms with Crippen molar-refractivity contribution in [2.45, 2.75) is 36.2 Å². The van der Waals surface area contributed by atoms with Crippen LogP contribution in [0, 0.1) is 0 Å². The van der Waals surface area contributed by atoms with Gasteiger partial charge >= 0.3 is 0 Å². The van der Waals surface area contributed by atoms with Gasteiger partial charge in [-0.05, 0) is 18.9 Å². The van der Waals surface area contributed by atoms with E-state index in [0.29, 0.717) is 5.92 Å². The smallest absolute Gasteiger partial charge is 0.191 e. The third-order valence-electron chi connectivity index (χ3n) is 3.67. The van der Waals surface area contributed by atoms with Crippen molar-refractivity contribution < 1.29 is 4.42 Å². The fourth-order valence-electron chi connectivity index (χ4n) is 2.38. The molecule has 3 aromatic rings. The summed E-state index contributed by atoms with van der Waals surface area (Å²) in [5.41, 5.74) is 2.08. The molecule has 1 saturated carbocycles. The highest BCUT2D eigenvalue weighted by Gasteiger charge is 2.30. The van der Waals surface area contributed by atoms with Gasteiger partial charge in [-0.3, -0.25) is 0 Å². The van der Waals surface area contributed by atoms with Crippen LogP contribution in [0.15, 0.2) is 46.2 Å². The van der Waals surface area contributed by atoms with E-state index in [4.69, 9.17) is 4.42 Å². The van der Waals surface area contributed by atoms with Crippen LogP contribution < -0.4 is 0 Å². The average Bonchev–Trinajstić information content (AvgIpc) is 2.97. The first-order valence-corrected chi connectivity index (χ1v) is 9.35. The van der Waals surface area contributed by atoms with E-state index in [-0.39, 0.29) is 0 Å². The summed E-state index contributed by atoms with van der Waals surface area (Å²) in [4.78, 5) is 4.66. The summed E-state index contributed by atoms with van der Waals surface area (Å²) in [6, 6.07) is 1.93. The van der Waals surface area contributed by atoms with Crippen molar-refractivity contribution in [3.63, 3.8) is 0 Å². The molecule has 4 rings (SSSR count). The zero-order valence-corrected chi connectivity index (χ0v) is 14.1. The summed E-state index contributed by atoms with van der Waals surface area (Å²) in [7, 11) is 0. The summed E-state index contributed by atoms with van der Waals surface area (Å²) in [5.74, 6) is 2.47. The molecule has 1 fully saturated rings. The molecule has 5 nitrogen and oxygen atoms in total. The van der Waals surface area contributed by atoms with Crippen LogP contribution in [0.4, 0.5) is 0 Å². The molecule has 0 aromatic carbocycles. The molecule has 0 N–H and O–H groups in total. The molecular formula is C16H16N4OS2. The molecule has 0 radical (unpaired) electrons. The molecule has 1 aliphatic carbocycles. The fourth-order valence-corrected chi connectivity index (χ4v) is 4.14. The van der Waals surface area contributed by atoms with Crippen LogP contribution in [0.2, 0.25) is 0 Å². The Kier molecular flexibility index (Phi) is 4.05. The molecule has 3 aromatic heterocycles. The molecule has 118 valence electrons. The van der Waals surface area contributed by atoms with Crippen molar-refractivity contribution in [3.05, 3.63) is 48.1 Å². The van der Waals surface area contributed by atoms with Gasteiger partial charge in [0.05, 0.1) is 12.0 Å². The Bertz CT molecular complexity index is 802. The van der Waals surface area contributed by atoms with E-state index in [9.17, 15) is 0 Å². The Morgan fingerprint density at radius 1 is 1.43 bits per heavy atom. The minimum atomic E-state index is 0.587. The SMILES string of the molecule is C=CCn1c(SCc2csc(-c3ccoc3)n2)nnc1C1CC1. The summed E-state index contributed by atoms with van der Waals surface area (Å²) >= 11 is 3.31. The second-order valence-corrected chi connectivity index (χ2v) is 7.26. The summed E-state index contributed by atoms with van der Waals surface area (Å²) in [5, 5.41) is 12.7. The lowest BCUT2D eigenvalue weighted by molar-refractivity contribution is 0.568. The lowest BCUT2D eigenvalue weighted by Crippen LogP contribution is -2.02. The summed E-state index contributed by atoms with van der Waals surface area (Å²) in [6.45, 7) is 4.60. The number of furan rings is 1. The van der Waals surface area contributed by atoms with Crippen molar-refractivity contribution in [2.75, 3.05) is 0 Å². The fraction of sp³-hybridized carbons (Fsp3) is 0.312. The maximum atomic E-state index is 5.11. The van der Waals surface area contributed by atoms with E-state index >= 15 is 0 Å². The number of hydrogen-bond donors (Lipinski definition) is 0. The second kappa shape index (κ2) is 6.33. The Hall–Kier alpha value is -1.86. The topological polar surface area (TPSA) is 56.7 Å². The number of nitrogens with zero attached hydrogens (tertiary/aromatic N) is 4. The predicted molar refractivity (Wildman–Crippen MR) is 91.6 cm³/mol. The maximum Gasteiger partial charge on any atom is 0.191 e. The van der Waals surface area contributed by atoms with Crippen molar-refractivity contribution >= 4 is 23.1 Å². The quantitative estimate of drug-likeness (QED) is 0.471. The van der Waals surface area contributed by atoms with Gasteiger partial charge in [0.2, 0.25) is 0 Å². The highest BCUT2D eigenvalue weighted by atomic mass is 32.2. The van der Waals surface area contributed by atoms with Crippen LogP contribution in [0.5, 0.6) is 0 Å². The number of thiazole rings is 1. The van der Waals surface area contributed by atoms with E-state index in [1.807, 2.05) is 12.1 Å². The third kappa shape index (κ3) is 3.11. The first-order valence-electron chi connectivity index (χ1n) is 7.49. The van der Waals surface area contributed by atoms with Gasteiger partial charge in [-0.15, -0.1) is 28.1 Å². The normalized spacial score (nSPS) is 14.3. The monoisotopic (exact) mass is 344 g/mol. The van der Waals surface area contributed by atoms with Gasteiger partial charge in [0, 0.05) is 29.2 Å². The average molecular weight is 344 g/mol. The van der Waals surface area contributed by atoms with Gasteiger partial charge in [0.15, 0.2) is 5.16 Å². The molecule has 0 bridgehead atoms. The van der Waals surface area contributed by atoms with Crippen LogP contribution in [-0.2, 0) is 12.3 Å². The highest BCUT2D eigenvalue weighted by molar-refractivity contribution is 7.98. The Morgan fingerprint density at radius 2 is 2.35 bits per heavy atom. The molecule has 0 unspecified atom stereocenters. The van der Waals surface area contributed by atoms with Crippen LogP contribution in [0.3, 0.4) is 0 Å². The van der Waals surface area contributed by atoms with E-state index in [1.165, 1.54) is 12.8 Å². The van der Waals surface area contributed by atoms with Crippen molar-refractivity contribution in [2.24, 2.45) is 0 Å². The van der Waals surface area contributed by atoms with Crippen molar-refractivity contribution in [1.82, 2.24) is 19.7 Å². The Labute approximate surface area is 142 Å². The molecule has 0 amide bonds. The predicted octanol–water partition coefficient (Wildman–Crippen LogP) is 4.35. The highest BCUT2D eigenvalue weighted by Crippen LogP contribution is 2.40. The third-order valence-corrected chi connectivity index (χ3v) is 5.61. The van der Waals surface area contributed by atoms with Crippen LogP contribution >= 0.6 is 23.1 Å². The maximum absolute atomic E-state index is 5.11. The standard InChI is InChI=1S/C16H16N4OS2/c1-2-6-20-14(11-3-4-11)18-19-16(20)23-10-13-9-22-15(17-13)12-5-7-21-8-12/h2,5,7-9,11H,1,3-4,6,10H2. The minimum Gasteiger partial charge on any atom is -0.472 e. The van der Waals surface area contributed by atoms with Gasteiger partial charge < -0.3 is 8.98 Å². The Balaban J connectivity index is 1.47. The van der Waals surface area contributed by atoms with Gasteiger partial charge in [0.1, 0.15) is 17.1 Å². The molecule has 0 aliphatic heterocycles. The van der Waals surface area contributed by atoms with Crippen LogP contribution in [0.1, 0.15) is 30.3 Å². The summed E-state index contributed by atoms with van der Waals surface area (Å²) < 4.78 is 7.29. The zero-order chi connectivity index (χ0) is 15.6. The lowest BCUT2D eigenvalue weighted by atomic mass is 10.4. The molecule has 3 heterocycles. The molecule has 0 spiro atoms. The first kappa shape index (κ1) is 14.7. The van der Waals surface area contributed by atoms with Gasteiger partial charge in [-0.1, -0.05) is 17.8 Å². The number of hydrogen-bond acceptors (Lipinski definition) is 6. The van der Waals surface area contributed by atoms with E-state index in [0.717, 1.165) is 39.5 Å². The van der Waals surface area contributed by atoms with Crippen LogP contribution in [0.25, 0.3) is 10.6 Å². The minimum absolute atomic E-state index is 0.587. The van der Waals surface area contributed by atoms with Gasteiger partial charge in [0.25, 0.3) is 0 Å². The van der Waals surface area contributed by atoms with E-state index in [1.54, 1.807) is 35.6 Å². The molecule has 1 aliphatic rings. The number of thioether (sulfide) groups is 1. The van der Waals surface area contributed by atoms with Crippen LogP contribution in [-0.4, -0.2) is 19.7 Å². The molecular weight excluding hydrogens is 328 g/mol. The number of aromatic nitrogens is 4. The van der Waals surface area contributed by atoms with Crippen molar-refractivity contribution in [1.29, 1.82) is 0 Å². The molecule has 23 heavy (non-hydrogen) atoms. The van der Waals surface area contributed by atoms with E-state index in [2.05, 4.69) is 31.7 Å². The van der Waals surface area contributed by atoms with Crippen molar-refractivity contribution in [3.8, 4) is 10.6 Å². The van der Waals surface area contributed by atoms with E-state index < -0.39 is 0 Å². The van der Waals surface area contributed by atoms with Gasteiger partial charge in [-0.2, -0.15) is 0 Å². The zero-order valence-electron chi connectivity index (χ0n) is 12.5. The Morgan fingerprint density at radius 3 is 3.09 bits per heavy atom. The number of rotatable bonds is 7. The first-order chi connectivity index (χ1) is 11.3. The molecule has 0 atom stereocenters. The molecule has 0 saturated heterocycles. The second-order valence-electron chi connectivity index (χ2n) is 5.46. The van der Waals surface area contributed by atoms with Gasteiger partial charge in [-0.25, -0.2) is 4.98 Å². The molecule has 7 heteroatoms.